The number of aliphatic carboxylic acids is 1. The molecule has 0 fully saturated rings. The Morgan fingerprint density at radius 2 is 2.00 bits per heavy atom. The van der Waals surface area contributed by atoms with Gasteiger partial charge in [0, 0.05) is 6.20 Å². The number of carbonyl (C=O) groups excluding carboxylic acids is 1. The molecule has 21 heavy (non-hydrogen) atoms. The molecule has 1 aromatic heterocycles. The number of carbonyl (C=O) groups is 2. The second-order valence-electron chi connectivity index (χ2n) is 4.60. The monoisotopic (exact) mass is 304 g/mol. The fraction of sp³-hybridized carbons (Fsp3) is 0.462. The Balaban J connectivity index is 2.86. The summed E-state index contributed by atoms with van der Waals surface area (Å²) in [7, 11) is 0. The van der Waals surface area contributed by atoms with Gasteiger partial charge in [-0.2, -0.15) is 13.2 Å². The minimum atomic E-state index is -4.59. The Hall–Kier alpha value is -2.12. The number of pyridine rings is 1. The third-order valence-corrected chi connectivity index (χ3v) is 3.08. The molecular weight excluding hydrogens is 289 g/mol. The number of carboxylic acids is 1. The van der Waals surface area contributed by atoms with Crippen molar-refractivity contribution in [3.8, 4) is 0 Å². The van der Waals surface area contributed by atoms with E-state index >= 15 is 0 Å². The zero-order valence-electron chi connectivity index (χ0n) is 11.4. The molecule has 2 atom stereocenters. The summed E-state index contributed by atoms with van der Waals surface area (Å²) in [5.41, 5.74) is -1.24. The lowest BCUT2D eigenvalue weighted by molar-refractivity contribution is -0.141. The van der Waals surface area contributed by atoms with Gasteiger partial charge in [-0.3, -0.25) is 9.78 Å². The molecule has 0 aliphatic carbocycles. The van der Waals surface area contributed by atoms with Crippen LogP contribution in [-0.4, -0.2) is 28.0 Å². The number of nitrogens with one attached hydrogen (secondary N) is 1. The first-order valence-corrected chi connectivity index (χ1v) is 6.23. The van der Waals surface area contributed by atoms with Crippen LogP contribution >= 0.6 is 0 Å². The Morgan fingerprint density at radius 3 is 2.38 bits per heavy atom. The van der Waals surface area contributed by atoms with Crippen LogP contribution in [0.15, 0.2) is 18.3 Å². The van der Waals surface area contributed by atoms with Gasteiger partial charge in [0.05, 0.1) is 5.56 Å². The molecule has 0 spiro atoms. The third kappa shape index (κ3) is 4.44. The van der Waals surface area contributed by atoms with E-state index in [0.29, 0.717) is 12.5 Å². The van der Waals surface area contributed by atoms with Crippen molar-refractivity contribution in [2.24, 2.45) is 5.92 Å². The van der Waals surface area contributed by atoms with Gasteiger partial charge in [0.25, 0.3) is 5.91 Å². The predicted molar refractivity (Wildman–Crippen MR) is 67.6 cm³/mol. The zero-order valence-corrected chi connectivity index (χ0v) is 11.4. The maximum absolute atomic E-state index is 12.3. The van der Waals surface area contributed by atoms with Gasteiger partial charge < -0.3 is 10.4 Å². The minimum absolute atomic E-state index is 0.127. The first kappa shape index (κ1) is 16.9. The van der Waals surface area contributed by atoms with Gasteiger partial charge in [0.1, 0.15) is 11.7 Å². The molecule has 8 heteroatoms. The summed E-state index contributed by atoms with van der Waals surface area (Å²) in [6.45, 7) is 3.43. The van der Waals surface area contributed by atoms with Gasteiger partial charge in [-0.25, -0.2) is 4.79 Å². The second-order valence-corrected chi connectivity index (χ2v) is 4.60. The van der Waals surface area contributed by atoms with Crippen molar-refractivity contribution < 1.29 is 27.9 Å². The molecule has 1 heterocycles. The van der Waals surface area contributed by atoms with Gasteiger partial charge >= 0.3 is 12.1 Å². The third-order valence-electron chi connectivity index (χ3n) is 3.08. The van der Waals surface area contributed by atoms with Crippen molar-refractivity contribution >= 4 is 11.9 Å². The normalized spacial score (nSPS) is 14.3. The van der Waals surface area contributed by atoms with E-state index in [4.69, 9.17) is 5.11 Å². The Bertz CT molecular complexity index is 514. The van der Waals surface area contributed by atoms with E-state index in [-0.39, 0.29) is 11.5 Å². The fourth-order valence-corrected chi connectivity index (χ4v) is 1.60. The van der Waals surface area contributed by atoms with Gasteiger partial charge in [-0.15, -0.1) is 0 Å². The van der Waals surface area contributed by atoms with Crippen LogP contribution in [0.25, 0.3) is 0 Å². The summed E-state index contributed by atoms with van der Waals surface area (Å²) < 4.78 is 37.0. The van der Waals surface area contributed by atoms with Crippen molar-refractivity contribution in [2.45, 2.75) is 32.5 Å². The molecule has 1 amide bonds. The number of halogens is 3. The topological polar surface area (TPSA) is 79.3 Å². The maximum Gasteiger partial charge on any atom is 0.433 e. The predicted octanol–water partition coefficient (Wildman–Crippen LogP) is 2.33. The standard InChI is InChI=1S/C13H15F3N2O3/c1-3-7(2)10(12(20)21)18-11(19)8-4-5-9(17-6-8)13(14,15)16/h4-7,10H,3H2,1-2H3,(H,18,19)(H,20,21). The highest BCUT2D eigenvalue weighted by molar-refractivity contribution is 5.96. The van der Waals surface area contributed by atoms with Crippen molar-refractivity contribution in [1.82, 2.24) is 10.3 Å². The van der Waals surface area contributed by atoms with Crippen molar-refractivity contribution in [3.63, 3.8) is 0 Å². The van der Waals surface area contributed by atoms with Gasteiger partial charge in [-0.05, 0) is 18.1 Å². The van der Waals surface area contributed by atoms with Crippen LogP contribution < -0.4 is 5.32 Å². The Morgan fingerprint density at radius 1 is 1.38 bits per heavy atom. The van der Waals surface area contributed by atoms with E-state index in [9.17, 15) is 22.8 Å². The molecule has 116 valence electrons. The number of hydrogen-bond donors (Lipinski definition) is 2. The molecular formula is C13H15F3N2O3. The van der Waals surface area contributed by atoms with Crippen molar-refractivity contribution in [2.75, 3.05) is 0 Å². The maximum atomic E-state index is 12.3. The average Bonchev–Trinajstić information content (AvgIpc) is 2.42. The van der Waals surface area contributed by atoms with Gasteiger partial charge in [0.15, 0.2) is 0 Å². The Kier molecular flexibility index (Phi) is 5.28. The first-order chi connectivity index (χ1) is 9.66. The molecule has 0 aromatic carbocycles. The summed E-state index contributed by atoms with van der Waals surface area (Å²) in [6.07, 6.45) is -3.29. The molecule has 1 aromatic rings. The second kappa shape index (κ2) is 6.55. The summed E-state index contributed by atoms with van der Waals surface area (Å²) in [5, 5.41) is 11.3. The van der Waals surface area contributed by atoms with E-state index in [0.717, 1.165) is 12.3 Å². The highest BCUT2D eigenvalue weighted by Crippen LogP contribution is 2.27. The van der Waals surface area contributed by atoms with Crippen LogP contribution in [0.3, 0.4) is 0 Å². The number of carboxylic acid groups (broad SMARTS) is 1. The minimum Gasteiger partial charge on any atom is -0.480 e. The van der Waals surface area contributed by atoms with E-state index in [1.165, 1.54) is 0 Å². The number of hydrogen-bond acceptors (Lipinski definition) is 3. The van der Waals surface area contributed by atoms with Gasteiger partial charge in [-0.1, -0.05) is 20.3 Å². The molecule has 2 N–H and O–H groups in total. The van der Waals surface area contributed by atoms with Crippen LogP contribution in [0.4, 0.5) is 13.2 Å². The fourth-order valence-electron chi connectivity index (χ4n) is 1.60. The van der Waals surface area contributed by atoms with E-state index < -0.39 is 29.8 Å². The Labute approximate surface area is 119 Å². The van der Waals surface area contributed by atoms with Crippen LogP contribution in [0.5, 0.6) is 0 Å². The van der Waals surface area contributed by atoms with Crippen LogP contribution in [0.2, 0.25) is 0 Å². The van der Waals surface area contributed by atoms with Crippen molar-refractivity contribution in [3.05, 3.63) is 29.6 Å². The van der Waals surface area contributed by atoms with Gasteiger partial charge in [0.2, 0.25) is 0 Å². The lowest BCUT2D eigenvalue weighted by atomic mass is 9.99. The number of nitrogens with zero attached hydrogens (tertiary/aromatic N) is 1. The number of aromatic nitrogens is 1. The largest absolute Gasteiger partial charge is 0.480 e. The molecule has 0 saturated carbocycles. The molecule has 0 bridgehead atoms. The summed E-state index contributed by atoms with van der Waals surface area (Å²) in [5.74, 6) is -2.28. The number of rotatable bonds is 5. The van der Waals surface area contributed by atoms with Crippen LogP contribution in [-0.2, 0) is 11.0 Å². The quantitative estimate of drug-likeness (QED) is 0.875. The first-order valence-electron chi connectivity index (χ1n) is 6.23. The lowest BCUT2D eigenvalue weighted by Crippen LogP contribution is -2.45. The molecule has 5 nitrogen and oxygen atoms in total. The summed E-state index contributed by atoms with van der Waals surface area (Å²) in [4.78, 5) is 26.1. The van der Waals surface area contributed by atoms with E-state index in [1.54, 1.807) is 13.8 Å². The highest BCUT2D eigenvalue weighted by Gasteiger charge is 2.32. The molecule has 0 aliphatic heterocycles. The molecule has 0 aliphatic rings. The molecule has 2 unspecified atom stereocenters. The van der Waals surface area contributed by atoms with E-state index in [1.807, 2.05) is 0 Å². The van der Waals surface area contributed by atoms with Crippen molar-refractivity contribution in [1.29, 1.82) is 0 Å². The van der Waals surface area contributed by atoms with Crippen LogP contribution in [0, 0.1) is 5.92 Å². The molecule has 1 rings (SSSR count). The number of amides is 1. The lowest BCUT2D eigenvalue weighted by Gasteiger charge is -2.20. The smallest absolute Gasteiger partial charge is 0.433 e. The summed E-state index contributed by atoms with van der Waals surface area (Å²) >= 11 is 0. The highest BCUT2D eigenvalue weighted by atomic mass is 19.4. The SMILES string of the molecule is CCC(C)C(NC(=O)c1ccc(C(F)(F)F)nc1)C(=O)O. The number of alkyl halides is 3. The molecule has 0 saturated heterocycles. The average molecular weight is 304 g/mol. The molecule has 0 radical (unpaired) electrons. The zero-order chi connectivity index (χ0) is 16.2. The van der Waals surface area contributed by atoms with E-state index in [2.05, 4.69) is 10.3 Å². The van der Waals surface area contributed by atoms with Crippen LogP contribution in [0.1, 0.15) is 36.3 Å². The summed E-state index contributed by atoms with van der Waals surface area (Å²) in [6, 6.07) is 0.527.